The van der Waals surface area contributed by atoms with Gasteiger partial charge in [-0.15, -0.1) is 11.6 Å². The normalized spacial score (nSPS) is 13.0. The predicted molar refractivity (Wildman–Crippen MR) is 76.6 cm³/mol. The van der Waals surface area contributed by atoms with E-state index in [0.717, 1.165) is 22.6 Å². The summed E-state index contributed by atoms with van der Waals surface area (Å²) in [4.78, 5) is 13.3. The molecule has 7 heteroatoms. The first-order chi connectivity index (χ1) is 9.56. The largest absolute Gasteiger partial charge is 0.304 e. The third-order valence-corrected chi connectivity index (χ3v) is 3.36. The average Bonchev–Trinajstić information content (AvgIpc) is 2.96. The van der Waals surface area contributed by atoms with Gasteiger partial charge in [-0.1, -0.05) is 0 Å². The summed E-state index contributed by atoms with van der Waals surface area (Å²) in [6, 6.07) is 1.95. The Kier molecular flexibility index (Phi) is 3.17. The number of halogens is 1. The second-order valence-corrected chi connectivity index (χ2v) is 5.46. The summed E-state index contributed by atoms with van der Waals surface area (Å²) < 4.78 is 3.66. The minimum absolute atomic E-state index is 0.202. The molecular weight excluding hydrogens is 276 g/mol. The summed E-state index contributed by atoms with van der Waals surface area (Å²) in [7, 11) is 1.84. The zero-order chi connectivity index (χ0) is 14.3. The number of aromatic nitrogens is 6. The van der Waals surface area contributed by atoms with Crippen molar-refractivity contribution in [2.75, 3.05) is 0 Å². The van der Waals surface area contributed by atoms with Gasteiger partial charge in [0.15, 0.2) is 11.5 Å². The number of nitrogens with zero attached hydrogens (tertiary/aromatic N) is 6. The molecule has 0 aliphatic carbocycles. The molecule has 0 spiro atoms. The Morgan fingerprint density at radius 2 is 2.15 bits per heavy atom. The molecular formula is C13H15ClN6. The Hall–Kier alpha value is -1.95. The van der Waals surface area contributed by atoms with Crippen LogP contribution in [0.5, 0.6) is 0 Å². The van der Waals surface area contributed by atoms with Crippen LogP contribution in [0.15, 0.2) is 18.6 Å². The monoisotopic (exact) mass is 290 g/mol. The lowest BCUT2D eigenvalue weighted by Crippen LogP contribution is -2.08. The van der Waals surface area contributed by atoms with Crippen molar-refractivity contribution in [2.24, 2.45) is 7.05 Å². The second kappa shape index (κ2) is 4.86. The van der Waals surface area contributed by atoms with Crippen LogP contribution in [-0.4, -0.2) is 29.3 Å². The summed E-state index contributed by atoms with van der Waals surface area (Å²) in [6.07, 6.45) is 3.46. The van der Waals surface area contributed by atoms with E-state index in [-0.39, 0.29) is 5.38 Å². The van der Waals surface area contributed by atoms with E-state index in [1.165, 1.54) is 0 Å². The van der Waals surface area contributed by atoms with Gasteiger partial charge >= 0.3 is 0 Å². The van der Waals surface area contributed by atoms with Gasteiger partial charge in [-0.05, 0) is 25.5 Å². The maximum absolute atomic E-state index is 6.25. The highest BCUT2D eigenvalue weighted by atomic mass is 35.5. The van der Waals surface area contributed by atoms with Crippen molar-refractivity contribution in [2.45, 2.75) is 25.8 Å². The number of imidazole rings is 1. The summed E-state index contributed by atoms with van der Waals surface area (Å²) in [5.41, 5.74) is 2.78. The van der Waals surface area contributed by atoms with E-state index in [0.29, 0.717) is 12.4 Å². The summed E-state index contributed by atoms with van der Waals surface area (Å²) in [6.45, 7) is 4.43. The molecule has 0 saturated carbocycles. The molecule has 0 radical (unpaired) electrons. The fraction of sp³-hybridized carbons (Fsp3) is 0.385. The number of rotatable bonds is 3. The van der Waals surface area contributed by atoms with Crippen LogP contribution in [0, 0.1) is 6.92 Å². The van der Waals surface area contributed by atoms with Crippen molar-refractivity contribution in [3.63, 3.8) is 0 Å². The smallest absolute Gasteiger partial charge is 0.170 e. The van der Waals surface area contributed by atoms with Gasteiger partial charge in [0.1, 0.15) is 17.7 Å². The fourth-order valence-corrected chi connectivity index (χ4v) is 2.38. The molecule has 6 nitrogen and oxygen atoms in total. The first-order valence-corrected chi connectivity index (χ1v) is 6.80. The molecule has 0 fully saturated rings. The SMILES string of the molecule is Cc1ccnc2c1nc(C(C)Cl)n2Cc1ncn(C)n1. The molecule has 20 heavy (non-hydrogen) atoms. The summed E-state index contributed by atoms with van der Waals surface area (Å²) in [5, 5.41) is 4.10. The first-order valence-electron chi connectivity index (χ1n) is 6.36. The fourth-order valence-electron chi connectivity index (χ4n) is 2.21. The van der Waals surface area contributed by atoms with E-state index in [9.17, 15) is 0 Å². The average molecular weight is 291 g/mol. The molecule has 0 saturated heterocycles. The third kappa shape index (κ3) is 2.16. The molecule has 0 N–H and O–H groups in total. The topological polar surface area (TPSA) is 61.4 Å². The van der Waals surface area contributed by atoms with Gasteiger partial charge in [0.25, 0.3) is 0 Å². The quantitative estimate of drug-likeness (QED) is 0.694. The standard InChI is InChI=1S/C13H15ClN6/c1-8-4-5-15-13-11(8)17-12(9(2)14)20(13)6-10-16-7-19(3)18-10/h4-5,7,9H,6H2,1-3H3. The van der Waals surface area contributed by atoms with Crippen molar-refractivity contribution in [3.8, 4) is 0 Å². The Morgan fingerprint density at radius 3 is 2.80 bits per heavy atom. The van der Waals surface area contributed by atoms with Gasteiger partial charge in [0.05, 0.1) is 11.9 Å². The van der Waals surface area contributed by atoms with Crippen LogP contribution in [-0.2, 0) is 13.6 Å². The molecule has 104 valence electrons. The third-order valence-electron chi connectivity index (χ3n) is 3.17. The zero-order valence-electron chi connectivity index (χ0n) is 11.6. The molecule has 0 bridgehead atoms. The Bertz CT molecular complexity index is 757. The lowest BCUT2D eigenvalue weighted by molar-refractivity contribution is 0.680. The molecule has 1 unspecified atom stereocenters. The number of hydrogen-bond donors (Lipinski definition) is 0. The van der Waals surface area contributed by atoms with Crippen LogP contribution in [0.4, 0.5) is 0 Å². The Morgan fingerprint density at radius 1 is 1.35 bits per heavy atom. The van der Waals surface area contributed by atoms with Crippen LogP contribution in [0.2, 0.25) is 0 Å². The van der Waals surface area contributed by atoms with Crippen molar-refractivity contribution >= 4 is 22.8 Å². The molecule has 3 rings (SSSR count). The van der Waals surface area contributed by atoms with E-state index >= 15 is 0 Å². The van der Waals surface area contributed by atoms with E-state index in [1.54, 1.807) is 17.2 Å². The Labute approximate surface area is 121 Å². The van der Waals surface area contributed by atoms with E-state index in [4.69, 9.17) is 11.6 Å². The maximum atomic E-state index is 6.25. The second-order valence-electron chi connectivity index (χ2n) is 4.81. The number of alkyl halides is 1. The highest BCUT2D eigenvalue weighted by Crippen LogP contribution is 2.25. The Balaban J connectivity index is 2.16. The van der Waals surface area contributed by atoms with Gasteiger partial charge in [0.2, 0.25) is 0 Å². The van der Waals surface area contributed by atoms with Crippen LogP contribution in [0.25, 0.3) is 11.2 Å². The molecule has 0 amide bonds. The highest BCUT2D eigenvalue weighted by molar-refractivity contribution is 6.20. The number of pyridine rings is 1. The van der Waals surface area contributed by atoms with Crippen LogP contribution in [0.1, 0.15) is 29.5 Å². The minimum atomic E-state index is -0.202. The maximum Gasteiger partial charge on any atom is 0.170 e. The van der Waals surface area contributed by atoms with E-state index in [2.05, 4.69) is 20.1 Å². The minimum Gasteiger partial charge on any atom is -0.304 e. The lowest BCUT2D eigenvalue weighted by Gasteiger charge is -2.07. The lowest BCUT2D eigenvalue weighted by atomic mass is 10.3. The van der Waals surface area contributed by atoms with Gasteiger partial charge in [0, 0.05) is 13.2 Å². The van der Waals surface area contributed by atoms with E-state index < -0.39 is 0 Å². The molecule has 0 aliphatic rings. The number of aryl methyl sites for hydroxylation is 2. The molecule has 0 aliphatic heterocycles. The summed E-state index contributed by atoms with van der Waals surface area (Å²) in [5.74, 6) is 1.50. The first kappa shape index (κ1) is 13.1. The molecule has 3 aromatic heterocycles. The van der Waals surface area contributed by atoms with Gasteiger partial charge < -0.3 is 4.57 Å². The zero-order valence-corrected chi connectivity index (χ0v) is 12.3. The molecule has 3 heterocycles. The molecule has 0 aromatic carbocycles. The number of hydrogen-bond acceptors (Lipinski definition) is 4. The van der Waals surface area contributed by atoms with Crippen molar-refractivity contribution in [1.29, 1.82) is 0 Å². The van der Waals surface area contributed by atoms with Crippen LogP contribution < -0.4 is 0 Å². The van der Waals surface area contributed by atoms with E-state index in [1.807, 2.05) is 31.5 Å². The van der Waals surface area contributed by atoms with Crippen molar-refractivity contribution in [1.82, 2.24) is 29.3 Å². The van der Waals surface area contributed by atoms with Gasteiger partial charge in [-0.25, -0.2) is 15.0 Å². The van der Waals surface area contributed by atoms with Crippen LogP contribution in [0.3, 0.4) is 0 Å². The highest BCUT2D eigenvalue weighted by Gasteiger charge is 2.18. The summed E-state index contributed by atoms with van der Waals surface area (Å²) >= 11 is 6.25. The predicted octanol–water partition coefficient (Wildman–Crippen LogP) is 2.22. The molecule has 1 atom stereocenters. The van der Waals surface area contributed by atoms with Crippen molar-refractivity contribution in [3.05, 3.63) is 35.8 Å². The van der Waals surface area contributed by atoms with Crippen molar-refractivity contribution < 1.29 is 0 Å². The number of fused-ring (bicyclic) bond motifs is 1. The van der Waals surface area contributed by atoms with Gasteiger partial charge in [-0.2, -0.15) is 5.10 Å². The molecule has 3 aromatic rings. The van der Waals surface area contributed by atoms with Crippen LogP contribution >= 0.6 is 11.6 Å². The van der Waals surface area contributed by atoms with Gasteiger partial charge in [-0.3, -0.25) is 4.68 Å².